The third-order valence-electron chi connectivity index (χ3n) is 1.81. The smallest absolute Gasteiger partial charge is 0.264 e. The summed E-state index contributed by atoms with van der Waals surface area (Å²) in [6.45, 7) is 2.72. The van der Waals surface area contributed by atoms with Crippen LogP contribution >= 0.6 is 0 Å². The third kappa shape index (κ3) is 5.14. The van der Waals surface area contributed by atoms with E-state index in [0.29, 0.717) is 6.61 Å². The highest BCUT2D eigenvalue weighted by atomic mass is 32.2. The molecule has 1 aromatic rings. The second-order valence-electron chi connectivity index (χ2n) is 3.46. The number of hydrogen-bond donors (Lipinski definition) is 0. The van der Waals surface area contributed by atoms with Crippen LogP contribution < -0.4 is 4.74 Å². The SMILES string of the molecule is CCCOc1cccc(COS(C)(=O)=O)c1. The molecule has 5 heteroatoms. The van der Waals surface area contributed by atoms with Crippen LogP contribution in [0.5, 0.6) is 5.75 Å². The summed E-state index contributed by atoms with van der Waals surface area (Å²) in [5.41, 5.74) is 0.777. The molecule has 0 radical (unpaired) electrons. The lowest BCUT2D eigenvalue weighted by Crippen LogP contribution is -2.03. The van der Waals surface area contributed by atoms with Gasteiger partial charge in [-0.25, -0.2) is 0 Å². The van der Waals surface area contributed by atoms with Gasteiger partial charge in [0.2, 0.25) is 0 Å². The topological polar surface area (TPSA) is 52.6 Å². The highest BCUT2D eigenvalue weighted by Gasteiger charge is 2.03. The molecular weight excluding hydrogens is 228 g/mol. The van der Waals surface area contributed by atoms with Gasteiger partial charge >= 0.3 is 0 Å². The minimum Gasteiger partial charge on any atom is -0.494 e. The Morgan fingerprint density at radius 3 is 2.69 bits per heavy atom. The first-order chi connectivity index (χ1) is 7.51. The van der Waals surface area contributed by atoms with Gasteiger partial charge in [-0.2, -0.15) is 8.42 Å². The van der Waals surface area contributed by atoms with E-state index in [9.17, 15) is 8.42 Å². The molecule has 4 nitrogen and oxygen atoms in total. The summed E-state index contributed by atoms with van der Waals surface area (Å²) in [5.74, 6) is 0.733. The first-order valence-electron chi connectivity index (χ1n) is 5.07. The van der Waals surface area contributed by atoms with Crippen molar-refractivity contribution in [3.05, 3.63) is 29.8 Å². The van der Waals surface area contributed by atoms with Gasteiger partial charge in [0.25, 0.3) is 10.1 Å². The first kappa shape index (κ1) is 13.0. The van der Waals surface area contributed by atoms with Gasteiger partial charge in [-0.1, -0.05) is 19.1 Å². The standard InChI is InChI=1S/C11H16O4S/c1-3-7-14-11-6-4-5-10(8-11)9-15-16(2,12)13/h4-6,8H,3,7,9H2,1-2H3. The van der Waals surface area contributed by atoms with E-state index in [-0.39, 0.29) is 6.61 Å². The molecule has 1 rings (SSSR count). The first-order valence-corrected chi connectivity index (χ1v) is 6.89. The van der Waals surface area contributed by atoms with Crippen LogP contribution in [0.4, 0.5) is 0 Å². The minimum absolute atomic E-state index is 0.0438. The fourth-order valence-corrected chi connectivity index (χ4v) is 1.47. The Bertz CT molecular complexity index is 425. The molecule has 0 N–H and O–H groups in total. The monoisotopic (exact) mass is 244 g/mol. The van der Waals surface area contributed by atoms with Crippen LogP contribution in [0.3, 0.4) is 0 Å². The van der Waals surface area contributed by atoms with E-state index < -0.39 is 10.1 Å². The highest BCUT2D eigenvalue weighted by Crippen LogP contribution is 2.14. The molecule has 0 aliphatic heterocycles. The van der Waals surface area contributed by atoms with E-state index in [1.165, 1.54) is 0 Å². The Labute approximate surface area is 96.3 Å². The zero-order valence-corrected chi connectivity index (χ0v) is 10.3. The Balaban J connectivity index is 2.60. The molecule has 0 saturated carbocycles. The lowest BCUT2D eigenvalue weighted by Gasteiger charge is -2.06. The Kier molecular flexibility index (Phi) is 4.76. The zero-order chi connectivity index (χ0) is 12.0. The van der Waals surface area contributed by atoms with E-state index in [1.54, 1.807) is 12.1 Å². The second kappa shape index (κ2) is 5.86. The normalized spacial score (nSPS) is 11.4. The van der Waals surface area contributed by atoms with E-state index in [2.05, 4.69) is 0 Å². The van der Waals surface area contributed by atoms with E-state index in [1.807, 2.05) is 19.1 Å². The molecule has 0 unspecified atom stereocenters. The van der Waals surface area contributed by atoms with Gasteiger partial charge in [-0.05, 0) is 24.1 Å². The van der Waals surface area contributed by atoms with Gasteiger partial charge in [-0.3, -0.25) is 4.18 Å². The van der Waals surface area contributed by atoms with Crippen LogP contribution in [0.15, 0.2) is 24.3 Å². The fraction of sp³-hybridized carbons (Fsp3) is 0.455. The number of rotatable bonds is 6. The van der Waals surface area contributed by atoms with Crippen molar-refractivity contribution >= 4 is 10.1 Å². The van der Waals surface area contributed by atoms with Crippen LogP contribution in [0.1, 0.15) is 18.9 Å². The second-order valence-corrected chi connectivity index (χ2v) is 5.11. The Hall–Kier alpha value is -1.07. The summed E-state index contributed by atoms with van der Waals surface area (Å²) >= 11 is 0. The van der Waals surface area contributed by atoms with Gasteiger partial charge in [0.1, 0.15) is 5.75 Å². The molecule has 16 heavy (non-hydrogen) atoms. The van der Waals surface area contributed by atoms with Crippen molar-refractivity contribution in [2.45, 2.75) is 20.0 Å². The van der Waals surface area contributed by atoms with Gasteiger partial charge in [0, 0.05) is 0 Å². The average molecular weight is 244 g/mol. The predicted molar refractivity (Wildman–Crippen MR) is 61.9 cm³/mol. The number of hydrogen-bond acceptors (Lipinski definition) is 4. The molecular formula is C11H16O4S. The third-order valence-corrected chi connectivity index (χ3v) is 2.36. The molecule has 0 aliphatic rings. The molecule has 0 fully saturated rings. The maximum atomic E-state index is 10.8. The van der Waals surface area contributed by atoms with Gasteiger partial charge in [0.15, 0.2) is 0 Å². The van der Waals surface area contributed by atoms with Crippen LogP contribution in [0.2, 0.25) is 0 Å². The molecule has 90 valence electrons. The largest absolute Gasteiger partial charge is 0.494 e. The molecule has 0 spiro atoms. The van der Waals surface area contributed by atoms with Crippen LogP contribution in [-0.4, -0.2) is 21.3 Å². The van der Waals surface area contributed by atoms with Crippen molar-refractivity contribution in [2.75, 3.05) is 12.9 Å². The lowest BCUT2D eigenvalue weighted by atomic mass is 10.2. The number of benzene rings is 1. The summed E-state index contributed by atoms with van der Waals surface area (Å²) in [7, 11) is -3.39. The maximum Gasteiger partial charge on any atom is 0.264 e. The summed E-state index contributed by atoms with van der Waals surface area (Å²) in [4.78, 5) is 0. The van der Waals surface area contributed by atoms with E-state index in [0.717, 1.165) is 24.0 Å². The minimum atomic E-state index is -3.39. The number of ether oxygens (including phenoxy) is 1. The maximum absolute atomic E-state index is 10.8. The van der Waals surface area contributed by atoms with Crippen molar-refractivity contribution in [3.63, 3.8) is 0 Å². The van der Waals surface area contributed by atoms with Crippen molar-refractivity contribution in [2.24, 2.45) is 0 Å². The molecule has 0 atom stereocenters. The summed E-state index contributed by atoms with van der Waals surface area (Å²) in [6.07, 6.45) is 1.97. The van der Waals surface area contributed by atoms with Crippen molar-refractivity contribution < 1.29 is 17.3 Å². The van der Waals surface area contributed by atoms with Crippen molar-refractivity contribution in [1.82, 2.24) is 0 Å². The predicted octanol–water partition coefficient (Wildman–Crippen LogP) is 1.95. The molecule has 0 saturated heterocycles. The van der Waals surface area contributed by atoms with Gasteiger partial charge in [0.05, 0.1) is 19.5 Å². The quantitative estimate of drug-likeness (QED) is 0.718. The highest BCUT2D eigenvalue weighted by molar-refractivity contribution is 7.85. The van der Waals surface area contributed by atoms with E-state index >= 15 is 0 Å². The Morgan fingerprint density at radius 1 is 1.31 bits per heavy atom. The van der Waals surface area contributed by atoms with E-state index in [4.69, 9.17) is 8.92 Å². The summed E-state index contributed by atoms with van der Waals surface area (Å²) in [6, 6.07) is 7.22. The molecule has 0 aliphatic carbocycles. The van der Waals surface area contributed by atoms with Crippen LogP contribution in [0, 0.1) is 0 Å². The van der Waals surface area contributed by atoms with Crippen LogP contribution in [-0.2, 0) is 20.9 Å². The molecule has 0 aromatic heterocycles. The summed E-state index contributed by atoms with van der Waals surface area (Å²) < 4.78 is 31.7. The molecule has 0 heterocycles. The Morgan fingerprint density at radius 2 is 2.06 bits per heavy atom. The van der Waals surface area contributed by atoms with Crippen LogP contribution in [0.25, 0.3) is 0 Å². The average Bonchev–Trinajstić information content (AvgIpc) is 2.23. The molecule has 0 bridgehead atoms. The zero-order valence-electron chi connectivity index (χ0n) is 9.47. The molecule has 0 amide bonds. The van der Waals surface area contributed by atoms with Crippen molar-refractivity contribution in [3.8, 4) is 5.75 Å². The fourth-order valence-electron chi connectivity index (χ4n) is 1.12. The van der Waals surface area contributed by atoms with Gasteiger partial charge < -0.3 is 4.74 Å². The summed E-state index contributed by atoms with van der Waals surface area (Å²) in [5, 5.41) is 0. The van der Waals surface area contributed by atoms with Gasteiger partial charge in [-0.15, -0.1) is 0 Å². The lowest BCUT2D eigenvalue weighted by molar-refractivity contribution is 0.304. The van der Waals surface area contributed by atoms with Crippen molar-refractivity contribution in [1.29, 1.82) is 0 Å². The molecule has 1 aromatic carbocycles.